The molecule has 0 unspecified atom stereocenters. The molecule has 0 spiro atoms. The number of halogens is 1. The van der Waals surface area contributed by atoms with E-state index in [0.29, 0.717) is 0 Å². The molecule has 0 aliphatic carbocycles. The lowest BCUT2D eigenvalue weighted by Gasteiger charge is -2.12. The monoisotopic (exact) mass is 322 g/mol. The largest absolute Gasteiger partial charge is 0.357 e. The van der Waals surface area contributed by atoms with Crippen molar-refractivity contribution >= 4 is 46.6 Å². The molecule has 0 amide bonds. The topological polar surface area (TPSA) is 15.6 Å². The van der Waals surface area contributed by atoms with Crippen LogP contribution in [0.25, 0.3) is 0 Å². The molecule has 0 saturated heterocycles. The molecular weight excluding hydrogens is 307 g/mol. The zero-order valence-corrected chi connectivity index (χ0v) is 11.7. The highest BCUT2D eigenvalue weighted by Gasteiger charge is 1.98. The van der Waals surface area contributed by atoms with Gasteiger partial charge in [-0.1, -0.05) is 30.0 Å². The highest BCUT2D eigenvalue weighted by Crippen LogP contribution is 2.13. The Morgan fingerprint density at radius 3 is 2.21 bits per heavy atom. The van der Waals surface area contributed by atoms with Gasteiger partial charge in [0, 0.05) is 14.1 Å². The predicted molar refractivity (Wildman–Crippen MR) is 76.2 cm³/mol. The summed E-state index contributed by atoms with van der Waals surface area (Å²) >= 11 is 1.65. The fourth-order valence-corrected chi connectivity index (χ4v) is 1.50. The zero-order valence-electron chi connectivity index (χ0n) is 8.60. The van der Waals surface area contributed by atoms with Gasteiger partial charge in [0.25, 0.3) is 0 Å². The van der Waals surface area contributed by atoms with Crippen molar-refractivity contribution in [2.75, 3.05) is 20.4 Å². The van der Waals surface area contributed by atoms with Crippen LogP contribution in [0, 0.1) is 0 Å². The Bertz CT molecular complexity index is 285. The Balaban J connectivity index is 0.00000169. The van der Waals surface area contributed by atoms with Gasteiger partial charge in [-0.3, -0.25) is 0 Å². The number of rotatable bonds is 1. The molecule has 0 radical (unpaired) electrons. The Labute approximate surface area is 107 Å². The van der Waals surface area contributed by atoms with Gasteiger partial charge in [0.1, 0.15) is 0 Å². The molecule has 0 aliphatic heterocycles. The van der Waals surface area contributed by atoms with Gasteiger partial charge in [-0.15, -0.1) is 24.0 Å². The Kier molecular flexibility index (Phi) is 7.00. The molecule has 0 atom stereocenters. The molecule has 14 heavy (non-hydrogen) atoms. The Morgan fingerprint density at radius 2 is 1.79 bits per heavy atom. The third-order valence-electron chi connectivity index (χ3n) is 1.55. The van der Waals surface area contributed by atoms with Crippen molar-refractivity contribution in [2.45, 2.75) is 0 Å². The molecule has 0 fully saturated rings. The third-order valence-corrected chi connectivity index (χ3v) is 2.37. The molecule has 0 aliphatic rings. The minimum absolute atomic E-state index is 0. The van der Waals surface area contributed by atoms with Gasteiger partial charge in [-0.05, 0) is 18.4 Å². The first kappa shape index (κ1) is 13.8. The van der Waals surface area contributed by atoms with E-state index in [4.69, 9.17) is 0 Å². The Hall–Kier alpha value is -0.230. The molecule has 4 heteroatoms. The van der Waals surface area contributed by atoms with Crippen LogP contribution in [-0.4, -0.2) is 30.4 Å². The zero-order chi connectivity index (χ0) is 9.68. The molecule has 0 bridgehead atoms. The van der Waals surface area contributed by atoms with Crippen LogP contribution in [0.5, 0.6) is 0 Å². The maximum atomic E-state index is 4.48. The number of amidine groups is 1. The molecule has 0 saturated carbocycles. The number of hydrogen-bond acceptors (Lipinski definition) is 2. The molecule has 1 aromatic carbocycles. The second-order valence-corrected chi connectivity index (χ2v) is 3.60. The van der Waals surface area contributed by atoms with Gasteiger partial charge in [-0.2, -0.15) is 0 Å². The lowest BCUT2D eigenvalue weighted by atomic mass is 10.3. The van der Waals surface area contributed by atoms with Crippen molar-refractivity contribution in [1.29, 1.82) is 0 Å². The van der Waals surface area contributed by atoms with E-state index < -0.39 is 0 Å². The van der Waals surface area contributed by atoms with Crippen molar-refractivity contribution in [3.05, 3.63) is 30.3 Å². The molecule has 78 valence electrons. The van der Waals surface area contributed by atoms with Crippen molar-refractivity contribution in [3.8, 4) is 0 Å². The number of thioether (sulfide) groups is 1. The maximum Gasteiger partial charge on any atom is 0.163 e. The van der Waals surface area contributed by atoms with E-state index >= 15 is 0 Å². The minimum Gasteiger partial charge on any atom is -0.357 e. The summed E-state index contributed by atoms with van der Waals surface area (Å²) in [4.78, 5) is 6.49. The van der Waals surface area contributed by atoms with Crippen LogP contribution < -0.4 is 0 Å². The molecule has 0 N–H and O–H groups in total. The summed E-state index contributed by atoms with van der Waals surface area (Å²) in [6, 6.07) is 9.98. The predicted octanol–water partition coefficient (Wildman–Crippen LogP) is 3.22. The smallest absolute Gasteiger partial charge is 0.163 e. The molecule has 1 aromatic rings. The van der Waals surface area contributed by atoms with Gasteiger partial charge in [0.05, 0.1) is 5.69 Å². The molecular formula is C10H15IN2S. The van der Waals surface area contributed by atoms with Crippen LogP contribution in [0.2, 0.25) is 0 Å². The first-order chi connectivity index (χ1) is 6.24. The summed E-state index contributed by atoms with van der Waals surface area (Å²) in [5.41, 5.74) is 1.00. The minimum atomic E-state index is 0. The SMILES string of the molecule is CSC(=Nc1ccccc1)N(C)C.I. The van der Waals surface area contributed by atoms with E-state index in [-0.39, 0.29) is 24.0 Å². The molecule has 0 aromatic heterocycles. The van der Waals surface area contributed by atoms with Crippen molar-refractivity contribution in [1.82, 2.24) is 4.90 Å². The maximum absolute atomic E-state index is 4.48. The number of benzene rings is 1. The van der Waals surface area contributed by atoms with E-state index in [1.165, 1.54) is 0 Å². The fraction of sp³-hybridized carbons (Fsp3) is 0.300. The fourth-order valence-electron chi connectivity index (χ4n) is 0.941. The normalized spacial score (nSPS) is 10.6. The lowest BCUT2D eigenvalue weighted by Crippen LogP contribution is -2.17. The highest BCUT2D eigenvalue weighted by atomic mass is 127. The summed E-state index contributed by atoms with van der Waals surface area (Å²) in [6.07, 6.45) is 2.03. The van der Waals surface area contributed by atoms with Gasteiger partial charge >= 0.3 is 0 Å². The van der Waals surface area contributed by atoms with E-state index in [0.717, 1.165) is 10.9 Å². The van der Waals surface area contributed by atoms with Crippen molar-refractivity contribution < 1.29 is 0 Å². The Morgan fingerprint density at radius 1 is 1.21 bits per heavy atom. The number of nitrogens with zero attached hydrogens (tertiary/aromatic N) is 2. The molecule has 2 nitrogen and oxygen atoms in total. The number of hydrogen-bond donors (Lipinski definition) is 0. The van der Waals surface area contributed by atoms with Gasteiger partial charge in [-0.25, -0.2) is 4.99 Å². The standard InChI is InChI=1S/C10H14N2S.HI/c1-12(2)10(13-3)11-9-7-5-4-6-8-9;/h4-8H,1-3H3;1H. The van der Waals surface area contributed by atoms with Crippen LogP contribution >= 0.6 is 35.7 Å². The number of aliphatic imine (C=N–C) groups is 1. The van der Waals surface area contributed by atoms with Crippen molar-refractivity contribution in [3.63, 3.8) is 0 Å². The quantitative estimate of drug-likeness (QED) is 0.448. The van der Waals surface area contributed by atoms with E-state index in [1.54, 1.807) is 11.8 Å². The summed E-state index contributed by atoms with van der Waals surface area (Å²) in [6.45, 7) is 0. The average molecular weight is 322 g/mol. The van der Waals surface area contributed by atoms with Crippen molar-refractivity contribution in [2.24, 2.45) is 4.99 Å². The lowest BCUT2D eigenvalue weighted by molar-refractivity contribution is 0.637. The average Bonchev–Trinajstić information content (AvgIpc) is 2.15. The van der Waals surface area contributed by atoms with Gasteiger partial charge < -0.3 is 4.90 Å². The highest BCUT2D eigenvalue weighted by molar-refractivity contribution is 14.0. The van der Waals surface area contributed by atoms with E-state index in [1.807, 2.05) is 55.6 Å². The van der Waals surface area contributed by atoms with Crippen LogP contribution in [0.1, 0.15) is 0 Å². The van der Waals surface area contributed by atoms with Crippen LogP contribution in [0.3, 0.4) is 0 Å². The van der Waals surface area contributed by atoms with E-state index in [9.17, 15) is 0 Å². The molecule has 1 rings (SSSR count). The second-order valence-electron chi connectivity index (χ2n) is 2.83. The molecule has 0 heterocycles. The summed E-state index contributed by atoms with van der Waals surface area (Å²) < 4.78 is 0. The van der Waals surface area contributed by atoms with Gasteiger partial charge in [0.2, 0.25) is 0 Å². The summed E-state index contributed by atoms with van der Waals surface area (Å²) in [5.74, 6) is 0. The summed E-state index contributed by atoms with van der Waals surface area (Å²) in [7, 11) is 4.00. The first-order valence-electron chi connectivity index (χ1n) is 4.09. The summed E-state index contributed by atoms with van der Waals surface area (Å²) in [5, 5.41) is 1.02. The van der Waals surface area contributed by atoms with E-state index in [2.05, 4.69) is 4.99 Å². The third kappa shape index (κ3) is 4.32. The van der Waals surface area contributed by atoms with Crippen LogP contribution in [0.4, 0.5) is 5.69 Å². The second kappa shape index (κ2) is 7.11. The van der Waals surface area contributed by atoms with Gasteiger partial charge in [0.15, 0.2) is 5.17 Å². The first-order valence-corrected chi connectivity index (χ1v) is 5.31. The number of para-hydroxylation sites is 1. The van der Waals surface area contributed by atoms with Crippen LogP contribution in [0.15, 0.2) is 35.3 Å². The van der Waals surface area contributed by atoms with Crippen LogP contribution in [-0.2, 0) is 0 Å².